The first-order valence-corrected chi connectivity index (χ1v) is 7.03. The predicted octanol–water partition coefficient (Wildman–Crippen LogP) is 5.22. The number of halogens is 1. The summed E-state index contributed by atoms with van der Waals surface area (Å²) in [5.41, 5.74) is 1.19. The highest BCUT2D eigenvalue weighted by atomic mass is 35.5. The summed E-state index contributed by atoms with van der Waals surface area (Å²) in [4.78, 5) is 0. The van der Waals surface area contributed by atoms with Crippen LogP contribution in [0.4, 0.5) is 0 Å². The van der Waals surface area contributed by atoms with Gasteiger partial charge >= 0.3 is 0 Å². The fraction of sp³-hybridized carbons (Fsp3) is 0.600. The van der Waals surface area contributed by atoms with Gasteiger partial charge in [-0.1, -0.05) is 62.8 Å². The summed E-state index contributed by atoms with van der Waals surface area (Å²) in [6.45, 7) is 3.82. The van der Waals surface area contributed by atoms with Gasteiger partial charge in [-0.25, -0.2) is 0 Å². The third kappa shape index (κ3) is 7.40. The number of benzene rings is 1. The van der Waals surface area contributed by atoms with Crippen LogP contribution in [0.3, 0.4) is 0 Å². The Kier molecular flexibility index (Phi) is 8.12. The molecule has 0 bridgehead atoms. The summed E-state index contributed by atoms with van der Waals surface area (Å²) < 4.78 is 5.62. The quantitative estimate of drug-likeness (QED) is 0.549. The van der Waals surface area contributed by atoms with E-state index in [2.05, 4.69) is 6.92 Å². The summed E-state index contributed by atoms with van der Waals surface area (Å²) in [5.74, 6) is 0. The Morgan fingerprint density at radius 1 is 0.941 bits per heavy atom. The standard InChI is InChI=1S/C15H23ClO/c1-2-3-4-5-6-7-12-17-13-14-8-10-15(16)11-9-14/h8-11H,2-7,12-13H2,1H3. The van der Waals surface area contributed by atoms with Crippen molar-refractivity contribution in [2.24, 2.45) is 0 Å². The molecule has 0 radical (unpaired) electrons. The summed E-state index contributed by atoms with van der Waals surface area (Å²) >= 11 is 5.82. The highest BCUT2D eigenvalue weighted by Crippen LogP contribution is 2.11. The van der Waals surface area contributed by atoms with Crippen LogP contribution in [0.5, 0.6) is 0 Å². The highest BCUT2D eigenvalue weighted by Gasteiger charge is 1.94. The van der Waals surface area contributed by atoms with Crippen LogP contribution in [0.2, 0.25) is 5.02 Å². The number of unbranched alkanes of at least 4 members (excludes halogenated alkanes) is 5. The second-order valence-electron chi connectivity index (χ2n) is 4.45. The number of rotatable bonds is 9. The Hall–Kier alpha value is -0.530. The van der Waals surface area contributed by atoms with Crippen LogP contribution in [0.15, 0.2) is 24.3 Å². The minimum Gasteiger partial charge on any atom is -0.377 e. The predicted molar refractivity (Wildman–Crippen MR) is 74.5 cm³/mol. The Balaban J connectivity index is 1.95. The molecular formula is C15H23ClO. The van der Waals surface area contributed by atoms with E-state index in [-0.39, 0.29) is 0 Å². The first-order chi connectivity index (χ1) is 8.33. The molecule has 0 atom stereocenters. The molecule has 0 aliphatic heterocycles. The van der Waals surface area contributed by atoms with Crippen molar-refractivity contribution in [2.75, 3.05) is 6.61 Å². The molecule has 0 heterocycles. The molecule has 2 heteroatoms. The average molecular weight is 255 g/mol. The molecule has 0 N–H and O–H groups in total. The van der Waals surface area contributed by atoms with Crippen LogP contribution in [-0.4, -0.2) is 6.61 Å². The normalized spacial score (nSPS) is 10.7. The molecule has 0 amide bonds. The molecule has 1 aromatic carbocycles. The molecule has 1 rings (SSSR count). The fourth-order valence-electron chi connectivity index (χ4n) is 1.76. The van der Waals surface area contributed by atoms with Gasteiger partial charge in [-0.2, -0.15) is 0 Å². The maximum absolute atomic E-state index is 5.82. The zero-order valence-electron chi connectivity index (χ0n) is 10.8. The third-order valence-electron chi connectivity index (χ3n) is 2.82. The molecule has 0 spiro atoms. The average Bonchev–Trinajstić information content (AvgIpc) is 2.35. The lowest BCUT2D eigenvalue weighted by Gasteiger charge is -2.04. The van der Waals surface area contributed by atoms with Crippen molar-refractivity contribution in [3.05, 3.63) is 34.9 Å². The van der Waals surface area contributed by atoms with Gasteiger partial charge in [0.25, 0.3) is 0 Å². The Morgan fingerprint density at radius 2 is 1.59 bits per heavy atom. The van der Waals surface area contributed by atoms with E-state index in [1.54, 1.807) is 0 Å². The van der Waals surface area contributed by atoms with Crippen molar-refractivity contribution >= 4 is 11.6 Å². The molecule has 17 heavy (non-hydrogen) atoms. The van der Waals surface area contributed by atoms with Crippen LogP contribution >= 0.6 is 11.6 Å². The number of ether oxygens (including phenoxy) is 1. The first-order valence-electron chi connectivity index (χ1n) is 6.65. The van der Waals surface area contributed by atoms with E-state index in [0.29, 0.717) is 6.61 Å². The van der Waals surface area contributed by atoms with Crippen LogP contribution in [0, 0.1) is 0 Å². The van der Waals surface area contributed by atoms with Crippen molar-refractivity contribution in [2.45, 2.75) is 52.1 Å². The number of hydrogen-bond donors (Lipinski definition) is 0. The van der Waals surface area contributed by atoms with E-state index in [1.807, 2.05) is 24.3 Å². The first kappa shape index (κ1) is 14.5. The van der Waals surface area contributed by atoms with E-state index in [1.165, 1.54) is 44.1 Å². The van der Waals surface area contributed by atoms with Crippen LogP contribution in [0.25, 0.3) is 0 Å². The molecule has 0 aliphatic carbocycles. The highest BCUT2D eigenvalue weighted by molar-refractivity contribution is 6.30. The van der Waals surface area contributed by atoms with Gasteiger partial charge in [0.15, 0.2) is 0 Å². The van der Waals surface area contributed by atoms with Gasteiger partial charge in [0.2, 0.25) is 0 Å². The SMILES string of the molecule is CCCCCCCCOCc1ccc(Cl)cc1. The third-order valence-corrected chi connectivity index (χ3v) is 3.08. The van der Waals surface area contributed by atoms with Gasteiger partial charge < -0.3 is 4.74 Å². The molecule has 0 saturated carbocycles. The zero-order valence-corrected chi connectivity index (χ0v) is 11.5. The lowest BCUT2D eigenvalue weighted by molar-refractivity contribution is 0.116. The monoisotopic (exact) mass is 254 g/mol. The Bertz CT molecular complexity index is 281. The molecule has 0 aromatic heterocycles. The van der Waals surface area contributed by atoms with Gasteiger partial charge in [0.05, 0.1) is 6.61 Å². The fourth-order valence-corrected chi connectivity index (χ4v) is 1.88. The summed E-state index contributed by atoms with van der Waals surface area (Å²) in [5, 5.41) is 0.782. The van der Waals surface area contributed by atoms with Gasteiger partial charge in [-0.3, -0.25) is 0 Å². The van der Waals surface area contributed by atoms with E-state index >= 15 is 0 Å². The maximum atomic E-state index is 5.82. The van der Waals surface area contributed by atoms with Crippen molar-refractivity contribution < 1.29 is 4.74 Å². The number of hydrogen-bond acceptors (Lipinski definition) is 1. The Morgan fingerprint density at radius 3 is 2.29 bits per heavy atom. The smallest absolute Gasteiger partial charge is 0.0716 e. The van der Waals surface area contributed by atoms with E-state index in [0.717, 1.165) is 11.6 Å². The maximum Gasteiger partial charge on any atom is 0.0716 e. The van der Waals surface area contributed by atoms with Crippen molar-refractivity contribution in [1.82, 2.24) is 0 Å². The summed E-state index contributed by atoms with van der Waals surface area (Å²) in [6, 6.07) is 7.85. The molecule has 1 nitrogen and oxygen atoms in total. The van der Waals surface area contributed by atoms with E-state index in [4.69, 9.17) is 16.3 Å². The van der Waals surface area contributed by atoms with Gasteiger partial charge in [-0.05, 0) is 24.1 Å². The largest absolute Gasteiger partial charge is 0.377 e. The molecule has 0 aliphatic rings. The van der Waals surface area contributed by atoms with Crippen molar-refractivity contribution in [3.8, 4) is 0 Å². The molecule has 1 aromatic rings. The lowest BCUT2D eigenvalue weighted by Crippen LogP contribution is -1.95. The van der Waals surface area contributed by atoms with Crippen LogP contribution < -0.4 is 0 Å². The molecule has 0 fully saturated rings. The molecule has 96 valence electrons. The van der Waals surface area contributed by atoms with E-state index in [9.17, 15) is 0 Å². The summed E-state index contributed by atoms with van der Waals surface area (Å²) in [6.07, 6.45) is 7.86. The van der Waals surface area contributed by atoms with E-state index < -0.39 is 0 Å². The molecule has 0 unspecified atom stereocenters. The zero-order chi connectivity index (χ0) is 12.3. The minimum atomic E-state index is 0.701. The molecule has 0 saturated heterocycles. The van der Waals surface area contributed by atoms with Crippen LogP contribution in [0.1, 0.15) is 51.0 Å². The van der Waals surface area contributed by atoms with Crippen molar-refractivity contribution in [3.63, 3.8) is 0 Å². The lowest BCUT2D eigenvalue weighted by atomic mass is 10.1. The minimum absolute atomic E-state index is 0.701. The molecular weight excluding hydrogens is 232 g/mol. The van der Waals surface area contributed by atoms with Crippen molar-refractivity contribution in [1.29, 1.82) is 0 Å². The Labute approximate surface area is 110 Å². The topological polar surface area (TPSA) is 9.23 Å². The van der Waals surface area contributed by atoms with Gasteiger partial charge in [-0.15, -0.1) is 0 Å². The second-order valence-corrected chi connectivity index (χ2v) is 4.88. The van der Waals surface area contributed by atoms with Crippen LogP contribution in [-0.2, 0) is 11.3 Å². The second kappa shape index (κ2) is 9.49. The van der Waals surface area contributed by atoms with Gasteiger partial charge in [0.1, 0.15) is 0 Å². The van der Waals surface area contributed by atoms with Gasteiger partial charge in [0, 0.05) is 11.6 Å². The summed E-state index contributed by atoms with van der Waals surface area (Å²) in [7, 11) is 0.